The minimum atomic E-state index is -2.08. The van der Waals surface area contributed by atoms with E-state index in [1.165, 1.54) is 74.5 Å². The Kier molecular flexibility index (Phi) is 28.4. The van der Waals surface area contributed by atoms with Crippen LogP contribution in [0, 0.1) is 29.6 Å². The number of phenols is 3. The van der Waals surface area contributed by atoms with Gasteiger partial charge in [0.05, 0.1) is 46.8 Å². The molecule has 29 nitrogen and oxygen atoms in total. The maximum Gasteiger partial charge on any atom is 0.373 e. The van der Waals surface area contributed by atoms with E-state index in [0.29, 0.717) is 6.42 Å². The van der Waals surface area contributed by atoms with Crippen LogP contribution in [0.25, 0.3) is 11.1 Å². The number of ketones is 3. The minimum absolute atomic E-state index is 0. The van der Waals surface area contributed by atoms with Crippen LogP contribution in [-0.4, -0.2) is 160 Å². The smallest absolute Gasteiger partial charge is 0.373 e. The summed E-state index contributed by atoms with van der Waals surface area (Å²) in [6.07, 6.45) is -19.7. The molecule has 0 radical (unpaired) electrons. The summed E-state index contributed by atoms with van der Waals surface area (Å²) in [6, 6.07) is 11.9. The molecular weight excluding hydrogens is 1410 g/mol. The molecule has 2 fully saturated rings. The maximum atomic E-state index is 16.1. The third kappa shape index (κ3) is 19.9. The maximum absolute atomic E-state index is 16.1. The molecule has 7 heterocycles. The van der Waals surface area contributed by atoms with E-state index in [1.807, 2.05) is 13.8 Å². The summed E-state index contributed by atoms with van der Waals surface area (Å²) in [5.41, 5.74) is 10.3. The first-order valence-corrected chi connectivity index (χ1v) is 34.4. The summed E-state index contributed by atoms with van der Waals surface area (Å²) in [5, 5.41) is 110. The van der Waals surface area contributed by atoms with Crippen LogP contribution in [0.2, 0.25) is 10.0 Å². The third-order valence-corrected chi connectivity index (χ3v) is 18.8. The fourth-order valence-electron chi connectivity index (χ4n) is 13.1. The number of nitrogens with two attached hydrogens (primary N) is 2. The molecule has 11 bridgehead atoms. The van der Waals surface area contributed by atoms with Crippen LogP contribution < -0.4 is 41.6 Å². The lowest BCUT2D eigenvalue weighted by Gasteiger charge is -2.47. The number of Topliss-reactive ketones (excluding diaryl/α,β-unsaturated/α-hetero) is 3. The SMILES string of the molecule is C.CC(C)C.CC(C)CC(C)C(=O)NC1C(=O)CC(CC(N)=O)C(=O)NC2C(=O)CC3C(=O)CC(C(=O)NCc4cc(O)cc(O)c4-c4cc3ccc4O)[C@@H](O)c3ccc(c(Cl)c3)Oc3cc2cc(c3OC2OC(CO)C(O)C(O)C2OC2CC(C)(N)C(O)C(C)O2)Oc2ccc(cc2Cl)C1O.O=C=O. The lowest BCUT2D eigenvalue weighted by Crippen LogP contribution is -2.64. The Labute approximate surface area is 615 Å². The van der Waals surface area contributed by atoms with E-state index in [2.05, 4.69) is 36.7 Å². The molecule has 0 spiro atoms. The number of nitrogens with one attached hydrogen (secondary N) is 3. The first kappa shape index (κ1) is 83.6. The number of amides is 4. The number of aliphatic hydroxyl groups excluding tert-OH is 6. The van der Waals surface area contributed by atoms with Crippen molar-refractivity contribution >= 4 is 70.3 Å². The van der Waals surface area contributed by atoms with Crippen molar-refractivity contribution < 1.29 is 118 Å². The zero-order valence-corrected chi connectivity index (χ0v) is 59.6. The summed E-state index contributed by atoms with van der Waals surface area (Å²) in [6.45, 7) is 13.5. The highest BCUT2D eigenvalue weighted by Crippen LogP contribution is 2.50. The van der Waals surface area contributed by atoms with Crippen molar-refractivity contribution in [3.63, 3.8) is 0 Å². The average Bonchev–Trinajstić information content (AvgIpc) is 0.766. The highest BCUT2D eigenvalue weighted by Gasteiger charge is 2.51. The van der Waals surface area contributed by atoms with E-state index in [-0.39, 0.29) is 86.4 Å². The van der Waals surface area contributed by atoms with Gasteiger partial charge in [-0.25, -0.2) is 0 Å². The highest BCUT2D eigenvalue weighted by molar-refractivity contribution is 6.32. The van der Waals surface area contributed by atoms with E-state index in [0.717, 1.165) is 24.1 Å². The number of halogens is 2. The van der Waals surface area contributed by atoms with Crippen LogP contribution >= 0.6 is 23.2 Å². The molecule has 0 saturated carbocycles. The lowest BCUT2D eigenvalue weighted by atomic mass is 9.80. The molecule has 2 saturated heterocycles. The molecule has 17 atom stereocenters. The molecular formula is C74H91Cl2N5O24. The summed E-state index contributed by atoms with van der Waals surface area (Å²) < 4.78 is 38.5. The Balaban J connectivity index is 0.00000185. The Bertz CT molecular complexity index is 4050. The van der Waals surface area contributed by atoms with Crippen molar-refractivity contribution in [2.45, 2.75) is 193 Å². The molecule has 0 aliphatic carbocycles. The van der Waals surface area contributed by atoms with Gasteiger partial charge in [0.1, 0.15) is 71.0 Å². The van der Waals surface area contributed by atoms with Gasteiger partial charge in [0.2, 0.25) is 35.7 Å². The van der Waals surface area contributed by atoms with Crippen molar-refractivity contribution in [3.05, 3.63) is 117 Å². The molecule has 105 heavy (non-hydrogen) atoms. The quantitative estimate of drug-likeness (QED) is 0.0688. The number of benzene rings is 5. The van der Waals surface area contributed by atoms with E-state index >= 15 is 14.4 Å². The average molecular weight is 1510 g/mol. The van der Waals surface area contributed by atoms with Gasteiger partial charge in [-0.05, 0) is 115 Å². The standard InChI is InChI=1S/C68H77Cl2N5O22.C4H10.CO2.CH4/c1-27(2)12-28(3)64(89)75-56-45(81)17-34(20-52(71)83)65(90)74-55-33-18-49(61(50(19-33)94-48-11-8-32(58(56)85)16-41(48)70)97-67-62(60(87)59(86)51(26-76)95-67)96-53-24-68(5,72)63(88)29(4)92-53)93-47-10-7-31(15-40(47)69)57(84)39-23-43(79)37(22-46(55)82)30-6-9-42(78)38(14-30)54-35(25-73-66(39)91)13-36(77)21-44(54)80;1-4(2)3;2-1-3;/h6-11,13-16,18-19,21,27-29,34,37,39,51,53,55-60,62-63,67,76-78,80,84-88H,12,17,20,22-26,72H2,1-5H3,(H2,71,83)(H,73,91)(H,74,90)(H,75,89);4H,1-3H3;;1H4/t28?,29?,34?,37?,39?,51?,53?,55?,56?,57-,58?,59?,60?,62?,63?,67?,68?;;;/m0.../s1. The zero-order chi connectivity index (χ0) is 76.7. The normalized spacial score (nSPS) is 27.8. The van der Waals surface area contributed by atoms with Gasteiger partial charge < -0.3 is 102 Å². The molecule has 12 rings (SSSR count). The van der Waals surface area contributed by atoms with Crippen molar-refractivity contribution in [1.82, 2.24) is 16.0 Å². The van der Waals surface area contributed by atoms with Crippen LogP contribution in [0.3, 0.4) is 0 Å². The van der Waals surface area contributed by atoms with Crippen LogP contribution in [0.5, 0.6) is 46.0 Å². The third-order valence-electron chi connectivity index (χ3n) is 18.2. The van der Waals surface area contributed by atoms with Gasteiger partial charge in [0.15, 0.2) is 35.5 Å². The molecule has 16 N–H and O–H groups in total. The van der Waals surface area contributed by atoms with Crippen LogP contribution in [0.15, 0.2) is 78.9 Å². The molecule has 16 unspecified atom stereocenters. The summed E-state index contributed by atoms with van der Waals surface area (Å²) in [7, 11) is 0. The van der Waals surface area contributed by atoms with E-state index in [4.69, 9.17) is 72.7 Å². The second-order valence-corrected chi connectivity index (χ2v) is 28.8. The number of hydrogen-bond donors (Lipinski definition) is 14. The Morgan fingerprint density at radius 1 is 0.733 bits per heavy atom. The number of carbonyl (C=O) groups is 7. The van der Waals surface area contributed by atoms with Gasteiger partial charge in [0.25, 0.3) is 0 Å². The molecule has 4 amide bonds. The molecule has 7 aliphatic heterocycles. The highest BCUT2D eigenvalue weighted by atomic mass is 35.5. The van der Waals surface area contributed by atoms with Gasteiger partial charge in [-0.15, -0.1) is 0 Å². The zero-order valence-electron chi connectivity index (χ0n) is 58.1. The molecule has 5 aromatic rings. The van der Waals surface area contributed by atoms with Crippen molar-refractivity contribution in [3.8, 4) is 57.1 Å². The second-order valence-electron chi connectivity index (χ2n) is 28.0. The van der Waals surface area contributed by atoms with Crippen LogP contribution in [-0.2, 0) is 63.9 Å². The molecule has 31 heteroatoms. The van der Waals surface area contributed by atoms with Crippen molar-refractivity contribution in [2.24, 2.45) is 41.1 Å². The number of aromatic hydroxyl groups is 3. The van der Waals surface area contributed by atoms with Gasteiger partial charge in [-0.3, -0.25) is 33.6 Å². The van der Waals surface area contributed by atoms with Gasteiger partial charge in [-0.2, -0.15) is 9.59 Å². The second kappa shape index (κ2) is 35.6. The van der Waals surface area contributed by atoms with Crippen LogP contribution in [0.1, 0.15) is 153 Å². The van der Waals surface area contributed by atoms with E-state index < -0.39 is 217 Å². The molecule has 5 aromatic carbocycles. The number of hydrogen-bond acceptors (Lipinski definition) is 25. The van der Waals surface area contributed by atoms with E-state index in [9.17, 15) is 65.1 Å². The number of rotatable bonds is 11. The molecule has 7 aliphatic rings. The molecule has 0 aromatic heterocycles. The number of fused-ring (bicyclic) bond motifs is 15. The van der Waals surface area contributed by atoms with Gasteiger partial charge in [-0.1, -0.05) is 90.4 Å². The predicted molar refractivity (Wildman–Crippen MR) is 375 cm³/mol. The van der Waals surface area contributed by atoms with E-state index in [1.54, 1.807) is 6.92 Å². The molecule has 570 valence electrons. The van der Waals surface area contributed by atoms with Crippen molar-refractivity contribution in [1.29, 1.82) is 0 Å². The first-order chi connectivity index (χ1) is 48.9. The van der Waals surface area contributed by atoms with Gasteiger partial charge in [0, 0.05) is 73.2 Å². The first-order valence-electron chi connectivity index (χ1n) is 33.6. The fourth-order valence-corrected chi connectivity index (χ4v) is 13.5. The number of ether oxygens (including phenoxy) is 6. The lowest BCUT2D eigenvalue weighted by molar-refractivity contribution is -0.333. The Morgan fingerprint density at radius 3 is 1.89 bits per heavy atom. The largest absolute Gasteiger partial charge is 0.508 e. The number of phenolic OH excluding ortho intramolecular Hbond substituents is 3. The minimum Gasteiger partial charge on any atom is -0.508 e. The van der Waals surface area contributed by atoms with Crippen molar-refractivity contribution in [2.75, 3.05) is 6.61 Å². The summed E-state index contributed by atoms with van der Waals surface area (Å²) in [5.74, 6) is -15.5. The van der Waals surface area contributed by atoms with Crippen LogP contribution in [0.4, 0.5) is 0 Å². The Hall–Kier alpha value is -8.65. The topological polar surface area (TPSA) is 479 Å². The summed E-state index contributed by atoms with van der Waals surface area (Å²) in [4.78, 5) is 120. The Morgan fingerprint density at radius 2 is 1.32 bits per heavy atom. The predicted octanol–water partition coefficient (Wildman–Crippen LogP) is 6.31. The monoisotopic (exact) mass is 1500 g/mol. The fraction of sp³-hybridized carbons (Fsp3) is 0.486. The number of primary amides is 1. The summed E-state index contributed by atoms with van der Waals surface area (Å²) >= 11 is 14.2. The number of aliphatic hydroxyl groups is 6. The number of carbonyl (C=O) groups excluding carboxylic acids is 9. The van der Waals surface area contributed by atoms with Gasteiger partial charge >= 0.3 is 6.15 Å².